The summed E-state index contributed by atoms with van der Waals surface area (Å²) in [6.45, 7) is 3.94. The lowest BCUT2D eigenvalue weighted by molar-refractivity contribution is -0.0440. The van der Waals surface area contributed by atoms with E-state index in [0.29, 0.717) is 16.4 Å². The second-order valence-corrected chi connectivity index (χ2v) is 10.4. The number of hydrogen-bond donors (Lipinski definition) is 0. The number of halogens is 2. The lowest BCUT2D eigenvalue weighted by atomic mass is 10.2. The van der Waals surface area contributed by atoms with Crippen LogP contribution in [0.5, 0.6) is 0 Å². The Morgan fingerprint density at radius 3 is 2.59 bits per heavy atom. The number of rotatable bonds is 5. The molecule has 2 atom stereocenters. The van der Waals surface area contributed by atoms with Gasteiger partial charge in [-0.2, -0.15) is 4.31 Å². The van der Waals surface area contributed by atoms with E-state index < -0.39 is 16.0 Å². The molecule has 170 valence electrons. The second kappa shape index (κ2) is 8.99. The molecular formula is C21H21Cl2N3O5S. The van der Waals surface area contributed by atoms with Crippen molar-refractivity contribution in [3.63, 3.8) is 0 Å². The SMILES string of the molecule is CC1CN(S(=O)(=O)c2cc(C(=O)OCc3cn4cc(Cl)ccc4n3)ccc2Cl)CC(C)O1. The van der Waals surface area contributed by atoms with Crippen molar-refractivity contribution in [3.8, 4) is 0 Å². The molecule has 11 heteroatoms. The number of fused-ring (bicyclic) bond motifs is 1. The Labute approximate surface area is 195 Å². The first kappa shape index (κ1) is 23.0. The Balaban J connectivity index is 1.52. The third kappa shape index (κ3) is 4.77. The van der Waals surface area contributed by atoms with Crippen LogP contribution in [0.4, 0.5) is 0 Å². The van der Waals surface area contributed by atoms with Crippen LogP contribution in [-0.4, -0.2) is 53.4 Å². The van der Waals surface area contributed by atoms with Crippen molar-refractivity contribution >= 4 is 44.8 Å². The minimum atomic E-state index is -3.92. The van der Waals surface area contributed by atoms with Gasteiger partial charge in [0.25, 0.3) is 0 Å². The minimum absolute atomic E-state index is 0.0329. The summed E-state index contributed by atoms with van der Waals surface area (Å²) < 4.78 is 40.4. The van der Waals surface area contributed by atoms with Gasteiger partial charge in [-0.05, 0) is 44.2 Å². The summed E-state index contributed by atoms with van der Waals surface area (Å²) in [5, 5.41) is 0.586. The lowest BCUT2D eigenvalue weighted by Gasteiger charge is -2.34. The molecule has 8 nitrogen and oxygen atoms in total. The van der Waals surface area contributed by atoms with Crippen LogP contribution in [-0.2, 0) is 26.1 Å². The molecule has 0 aliphatic carbocycles. The summed E-state index contributed by atoms with van der Waals surface area (Å²) in [6, 6.07) is 7.51. The third-order valence-electron chi connectivity index (χ3n) is 4.99. The van der Waals surface area contributed by atoms with Crippen molar-refractivity contribution in [2.24, 2.45) is 0 Å². The molecule has 1 aromatic carbocycles. The maximum absolute atomic E-state index is 13.2. The highest BCUT2D eigenvalue weighted by atomic mass is 35.5. The highest BCUT2D eigenvalue weighted by Crippen LogP contribution is 2.28. The van der Waals surface area contributed by atoms with Crippen molar-refractivity contribution in [1.29, 1.82) is 0 Å². The van der Waals surface area contributed by atoms with Crippen LogP contribution in [0.25, 0.3) is 5.65 Å². The molecule has 1 saturated heterocycles. The molecule has 1 aliphatic rings. The molecule has 0 amide bonds. The molecule has 1 aliphatic heterocycles. The van der Waals surface area contributed by atoms with E-state index in [1.807, 2.05) is 0 Å². The number of esters is 1. The molecule has 4 rings (SSSR count). The van der Waals surface area contributed by atoms with Gasteiger partial charge in [-0.15, -0.1) is 0 Å². The third-order valence-corrected chi connectivity index (χ3v) is 7.52. The fourth-order valence-corrected chi connectivity index (χ4v) is 5.86. The zero-order valence-corrected chi connectivity index (χ0v) is 19.7. The summed E-state index contributed by atoms with van der Waals surface area (Å²) in [5.41, 5.74) is 1.27. The monoisotopic (exact) mass is 497 g/mol. The largest absolute Gasteiger partial charge is 0.456 e. The summed E-state index contributed by atoms with van der Waals surface area (Å²) in [6.07, 6.45) is 2.90. The lowest BCUT2D eigenvalue weighted by Crippen LogP contribution is -2.48. The standard InChI is InChI=1S/C21H21Cl2N3O5S/c1-13-8-26(9-14(2)31-13)32(28,29)19-7-15(3-5-18(19)23)21(27)30-12-17-11-25-10-16(22)4-6-20(25)24-17/h3-7,10-11,13-14H,8-9,12H2,1-2H3. The first-order chi connectivity index (χ1) is 15.1. The van der Waals surface area contributed by atoms with E-state index in [4.69, 9.17) is 32.7 Å². The van der Waals surface area contributed by atoms with Crippen molar-refractivity contribution in [3.05, 3.63) is 64.0 Å². The molecule has 2 aromatic heterocycles. The number of sulfonamides is 1. The highest BCUT2D eigenvalue weighted by Gasteiger charge is 2.34. The predicted molar refractivity (Wildman–Crippen MR) is 120 cm³/mol. The van der Waals surface area contributed by atoms with E-state index in [-0.39, 0.29) is 47.4 Å². The van der Waals surface area contributed by atoms with Crippen LogP contribution in [0.1, 0.15) is 29.9 Å². The molecule has 0 bridgehead atoms. The number of carbonyl (C=O) groups excluding carboxylic acids is 1. The summed E-state index contributed by atoms with van der Waals surface area (Å²) in [7, 11) is -3.92. The minimum Gasteiger partial charge on any atom is -0.456 e. The number of carbonyl (C=O) groups is 1. The van der Waals surface area contributed by atoms with Gasteiger partial charge < -0.3 is 13.9 Å². The second-order valence-electron chi connectivity index (χ2n) is 7.65. The fourth-order valence-electron chi connectivity index (χ4n) is 3.60. The molecule has 0 radical (unpaired) electrons. The van der Waals surface area contributed by atoms with Crippen LogP contribution in [0.2, 0.25) is 10.0 Å². The molecule has 32 heavy (non-hydrogen) atoms. The number of nitrogens with zero attached hydrogens (tertiary/aromatic N) is 3. The molecule has 0 N–H and O–H groups in total. The van der Waals surface area contributed by atoms with Gasteiger partial charge in [0.05, 0.1) is 33.5 Å². The highest BCUT2D eigenvalue weighted by molar-refractivity contribution is 7.89. The molecule has 3 aromatic rings. The summed E-state index contributed by atoms with van der Waals surface area (Å²) >= 11 is 12.2. The molecular weight excluding hydrogens is 477 g/mol. The molecule has 2 unspecified atom stereocenters. The summed E-state index contributed by atoms with van der Waals surface area (Å²) in [5.74, 6) is -0.683. The average molecular weight is 498 g/mol. The molecule has 0 saturated carbocycles. The van der Waals surface area contributed by atoms with Crippen molar-refractivity contribution in [1.82, 2.24) is 13.7 Å². The van der Waals surface area contributed by atoms with Gasteiger partial charge in [-0.25, -0.2) is 18.2 Å². The van der Waals surface area contributed by atoms with Crippen molar-refractivity contribution in [2.75, 3.05) is 13.1 Å². The predicted octanol–water partition coefficient (Wildman–Crippen LogP) is 3.80. The van der Waals surface area contributed by atoms with Crippen molar-refractivity contribution < 1.29 is 22.7 Å². The van der Waals surface area contributed by atoms with E-state index >= 15 is 0 Å². The average Bonchev–Trinajstić information content (AvgIpc) is 3.13. The Hall–Kier alpha value is -2.17. The Morgan fingerprint density at radius 1 is 1.16 bits per heavy atom. The smallest absolute Gasteiger partial charge is 0.338 e. The van der Waals surface area contributed by atoms with E-state index in [1.165, 1.54) is 22.5 Å². The number of morpholine rings is 1. The maximum Gasteiger partial charge on any atom is 0.338 e. The van der Waals surface area contributed by atoms with Gasteiger partial charge in [0.15, 0.2) is 0 Å². The van der Waals surface area contributed by atoms with E-state index in [2.05, 4.69) is 4.98 Å². The Kier molecular flexibility index (Phi) is 6.46. The van der Waals surface area contributed by atoms with Crippen LogP contribution in [0.15, 0.2) is 47.6 Å². The Bertz CT molecular complexity index is 1270. The first-order valence-corrected chi connectivity index (χ1v) is 12.1. The van der Waals surface area contributed by atoms with Crippen LogP contribution >= 0.6 is 23.2 Å². The van der Waals surface area contributed by atoms with Gasteiger partial charge in [-0.3, -0.25) is 0 Å². The summed E-state index contributed by atoms with van der Waals surface area (Å²) in [4.78, 5) is 16.8. The zero-order valence-electron chi connectivity index (χ0n) is 17.4. The number of benzene rings is 1. The number of imidazole rings is 1. The number of aromatic nitrogens is 2. The molecule has 1 fully saturated rings. The molecule has 3 heterocycles. The van der Waals surface area contributed by atoms with Crippen LogP contribution < -0.4 is 0 Å². The number of pyridine rings is 1. The zero-order chi connectivity index (χ0) is 23.0. The number of ether oxygens (including phenoxy) is 2. The van der Waals surface area contributed by atoms with Gasteiger partial charge >= 0.3 is 5.97 Å². The van der Waals surface area contributed by atoms with Crippen LogP contribution in [0, 0.1) is 0 Å². The maximum atomic E-state index is 13.2. The molecule has 0 spiro atoms. The quantitative estimate of drug-likeness (QED) is 0.498. The van der Waals surface area contributed by atoms with E-state index in [9.17, 15) is 13.2 Å². The van der Waals surface area contributed by atoms with E-state index in [1.54, 1.807) is 42.8 Å². The Morgan fingerprint density at radius 2 is 1.88 bits per heavy atom. The van der Waals surface area contributed by atoms with Gasteiger partial charge in [-0.1, -0.05) is 23.2 Å². The van der Waals surface area contributed by atoms with Gasteiger partial charge in [0, 0.05) is 25.5 Å². The fraction of sp³-hybridized carbons (Fsp3) is 0.333. The van der Waals surface area contributed by atoms with Crippen molar-refractivity contribution in [2.45, 2.75) is 37.6 Å². The van der Waals surface area contributed by atoms with Gasteiger partial charge in [0.2, 0.25) is 10.0 Å². The normalized spacial score (nSPS) is 19.9. The topological polar surface area (TPSA) is 90.2 Å². The number of hydrogen-bond acceptors (Lipinski definition) is 6. The van der Waals surface area contributed by atoms with E-state index in [0.717, 1.165) is 0 Å². The van der Waals surface area contributed by atoms with Gasteiger partial charge in [0.1, 0.15) is 17.1 Å². The van der Waals surface area contributed by atoms with Crippen LogP contribution in [0.3, 0.4) is 0 Å². The first-order valence-electron chi connectivity index (χ1n) is 9.89.